The van der Waals surface area contributed by atoms with Crippen LogP contribution in [0.5, 0.6) is 0 Å². The largest absolute Gasteiger partial charge is 0.426 e. The molecule has 1 heterocycles. The van der Waals surface area contributed by atoms with E-state index in [2.05, 4.69) is 20.9 Å². The molecule has 0 aliphatic rings. The number of carbonyl (C=O) groups excluding carboxylic acids is 1. The van der Waals surface area contributed by atoms with E-state index in [-0.39, 0.29) is 4.60 Å². The molecule has 2 atom stereocenters. The summed E-state index contributed by atoms with van der Waals surface area (Å²) >= 11 is 2.95. The fraction of sp³-hybridized carbons (Fsp3) is 0.333. The zero-order valence-corrected chi connectivity index (χ0v) is 19.8. The van der Waals surface area contributed by atoms with Gasteiger partial charge in [-0.2, -0.15) is 17.9 Å². The van der Waals surface area contributed by atoms with Crippen LogP contribution in [-0.4, -0.2) is 42.6 Å². The molecule has 0 bridgehead atoms. The number of nitrogens with one attached hydrogen (secondary N) is 1. The lowest BCUT2D eigenvalue weighted by Gasteiger charge is -2.35. The van der Waals surface area contributed by atoms with E-state index < -0.39 is 66.9 Å². The van der Waals surface area contributed by atoms with Gasteiger partial charge in [0, 0.05) is 6.07 Å². The lowest BCUT2D eigenvalue weighted by atomic mass is 9.98. The molecule has 1 aromatic heterocycles. The van der Waals surface area contributed by atoms with Gasteiger partial charge in [-0.25, -0.2) is 17.8 Å². The topological polar surface area (TPSA) is 155 Å². The number of benzene rings is 1. The highest BCUT2D eigenvalue weighted by Crippen LogP contribution is 2.36. The number of alkyl halides is 3. The number of rotatable bonds is 9. The molecule has 2 rings (SSSR count). The molecule has 1 unspecified atom stereocenters. The Bertz CT molecular complexity index is 1230. The predicted molar refractivity (Wildman–Crippen MR) is 112 cm³/mol. The van der Waals surface area contributed by atoms with Gasteiger partial charge < -0.3 is 10.5 Å². The van der Waals surface area contributed by atoms with Gasteiger partial charge >= 0.3 is 6.18 Å². The minimum Gasteiger partial charge on any atom is -0.367 e. The molecule has 10 nitrogen and oxygen atoms in total. The number of hydrogen-bond donors (Lipinski definition) is 2. The standard InChI is InChI=1S/C18H17BrF4N4O6S/c1-16(14-10(20)7-8-13(19)25-14,9-33-17(2,15(24)28)18(21,22)23)26-34(31,32)12-6-4-3-5-11(12)27(29)30/h3-8,26H,9H2,1-2H3,(H2,24,28)/t16?,17-/m1/s1. The van der Waals surface area contributed by atoms with Crippen molar-refractivity contribution < 1.29 is 40.4 Å². The van der Waals surface area contributed by atoms with E-state index in [1.807, 2.05) is 4.72 Å². The van der Waals surface area contributed by atoms with Crippen molar-refractivity contribution in [1.29, 1.82) is 0 Å². The van der Waals surface area contributed by atoms with E-state index in [9.17, 15) is 40.9 Å². The highest BCUT2D eigenvalue weighted by molar-refractivity contribution is 9.10. The zero-order valence-electron chi connectivity index (χ0n) is 17.4. The van der Waals surface area contributed by atoms with E-state index in [4.69, 9.17) is 10.5 Å². The number of nitrogens with two attached hydrogens (primary N) is 1. The van der Waals surface area contributed by atoms with Crippen LogP contribution in [0, 0.1) is 15.9 Å². The van der Waals surface area contributed by atoms with Crippen LogP contribution in [0.3, 0.4) is 0 Å². The maximum absolute atomic E-state index is 14.7. The third-order valence-corrected chi connectivity index (χ3v) is 6.79. The van der Waals surface area contributed by atoms with Crippen LogP contribution in [0.25, 0.3) is 0 Å². The first-order chi connectivity index (χ1) is 15.4. The van der Waals surface area contributed by atoms with Gasteiger partial charge in [0.2, 0.25) is 15.6 Å². The maximum Gasteiger partial charge on any atom is 0.426 e. The summed E-state index contributed by atoms with van der Waals surface area (Å²) in [6.45, 7) is -0.0574. The van der Waals surface area contributed by atoms with Gasteiger partial charge in [0.15, 0.2) is 4.90 Å². The summed E-state index contributed by atoms with van der Waals surface area (Å²) in [6, 6.07) is 6.10. The average molecular weight is 573 g/mol. The average Bonchev–Trinajstić information content (AvgIpc) is 2.72. The van der Waals surface area contributed by atoms with Crippen LogP contribution in [0.4, 0.5) is 23.2 Å². The SMILES string of the molecule is CC(CO[C@](C)(C(N)=O)C(F)(F)F)(NS(=O)(=O)c1ccccc1[N+](=O)[O-])c1nc(Br)ccc1F. The number of nitrogens with zero attached hydrogens (tertiary/aromatic N) is 2. The number of primary amides is 1. The van der Waals surface area contributed by atoms with Crippen LogP contribution in [0.2, 0.25) is 0 Å². The normalized spacial score (nSPS) is 15.9. The lowest BCUT2D eigenvalue weighted by Crippen LogP contribution is -2.58. The number of nitro benzene ring substituents is 1. The van der Waals surface area contributed by atoms with Crippen molar-refractivity contribution in [3.8, 4) is 0 Å². The van der Waals surface area contributed by atoms with E-state index in [0.717, 1.165) is 31.2 Å². The highest BCUT2D eigenvalue weighted by atomic mass is 79.9. The molecule has 0 saturated carbocycles. The molecule has 16 heteroatoms. The number of carbonyl (C=O) groups is 1. The molecule has 0 saturated heterocycles. The number of para-hydroxylation sites is 1. The Kier molecular flexibility index (Phi) is 7.71. The molecule has 0 spiro atoms. The molecule has 34 heavy (non-hydrogen) atoms. The van der Waals surface area contributed by atoms with Crippen LogP contribution in [0.1, 0.15) is 19.5 Å². The monoisotopic (exact) mass is 572 g/mol. The zero-order chi connectivity index (χ0) is 26.1. The van der Waals surface area contributed by atoms with Crippen molar-refractivity contribution in [1.82, 2.24) is 9.71 Å². The molecule has 0 fully saturated rings. The Morgan fingerprint density at radius 2 is 1.82 bits per heavy atom. The molecule has 186 valence electrons. The smallest absolute Gasteiger partial charge is 0.367 e. The van der Waals surface area contributed by atoms with Crippen LogP contribution in [-0.2, 0) is 25.1 Å². The van der Waals surface area contributed by atoms with E-state index in [1.165, 1.54) is 12.1 Å². The first kappa shape index (κ1) is 27.6. The van der Waals surface area contributed by atoms with Crippen molar-refractivity contribution in [2.24, 2.45) is 5.73 Å². The van der Waals surface area contributed by atoms with Gasteiger partial charge in [0.25, 0.3) is 11.6 Å². The van der Waals surface area contributed by atoms with E-state index in [1.54, 1.807) is 0 Å². The number of amides is 1. The molecule has 2 aromatic rings. The van der Waals surface area contributed by atoms with E-state index >= 15 is 0 Å². The lowest BCUT2D eigenvalue weighted by molar-refractivity contribution is -0.387. The van der Waals surface area contributed by atoms with Crippen LogP contribution < -0.4 is 10.5 Å². The number of hydrogen-bond acceptors (Lipinski definition) is 7. The molecule has 0 radical (unpaired) electrons. The third-order valence-electron chi connectivity index (χ3n) is 4.71. The number of sulfonamides is 1. The van der Waals surface area contributed by atoms with Gasteiger partial charge in [-0.05, 0) is 48.0 Å². The fourth-order valence-corrected chi connectivity index (χ4v) is 4.56. The number of ether oxygens (including phenoxy) is 1. The summed E-state index contributed by atoms with van der Waals surface area (Å²) in [4.78, 5) is 24.8. The Morgan fingerprint density at radius 3 is 2.35 bits per heavy atom. The molecule has 1 amide bonds. The summed E-state index contributed by atoms with van der Waals surface area (Å²) in [5.74, 6) is -3.08. The Balaban J connectivity index is 2.65. The first-order valence-corrected chi connectivity index (χ1v) is 11.3. The van der Waals surface area contributed by atoms with Crippen molar-refractivity contribution in [3.63, 3.8) is 0 Å². The maximum atomic E-state index is 14.7. The quantitative estimate of drug-likeness (QED) is 0.202. The highest BCUT2D eigenvalue weighted by Gasteiger charge is 2.58. The number of nitro groups is 1. The van der Waals surface area contributed by atoms with E-state index in [0.29, 0.717) is 6.92 Å². The molecule has 0 aliphatic heterocycles. The Hall–Kier alpha value is -2.69. The summed E-state index contributed by atoms with van der Waals surface area (Å²) < 4.78 is 87.9. The molecular formula is C18H17BrF4N4O6S. The van der Waals surface area contributed by atoms with Gasteiger partial charge in [-0.1, -0.05) is 12.1 Å². The second-order valence-electron chi connectivity index (χ2n) is 7.31. The minimum atomic E-state index is -5.32. The summed E-state index contributed by atoms with van der Waals surface area (Å²) in [5, 5.41) is 11.3. The van der Waals surface area contributed by atoms with Gasteiger partial charge in [-0.3, -0.25) is 14.9 Å². The van der Waals surface area contributed by atoms with Crippen molar-refractivity contribution in [2.45, 2.75) is 36.1 Å². The molecule has 0 aliphatic carbocycles. The summed E-state index contributed by atoms with van der Waals surface area (Å²) in [5.41, 5.74) is -2.70. The summed E-state index contributed by atoms with van der Waals surface area (Å²) in [6.07, 6.45) is -5.32. The minimum absolute atomic E-state index is 0.0199. The van der Waals surface area contributed by atoms with Crippen LogP contribution in [0.15, 0.2) is 45.9 Å². The second kappa shape index (κ2) is 9.52. The van der Waals surface area contributed by atoms with Gasteiger partial charge in [-0.15, -0.1) is 0 Å². The first-order valence-electron chi connectivity index (χ1n) is 9.05. The second-order valence-corrected chi connectivity index (χ2v) is 9.77. The number of halogens is 5. The summed E-state index contributed by atoms with van der Waals surface area (Å²) in [7, 11) is -4.89. The van der Waals surface area contributed by atoms with Crippen LogP contribution >= 0.6 is 15.9 Å². The molecule has 3 N–H and O–H groups in total. The fourth-order valence-electron chi connectivity index (χ4n) is 2.72. The molecule has 1 aromatic carbocycles. The molecular weight excluding hydrogens is 556 g/mol. The number of pyridine rings is 1. The third kappa shape index (κ3) is 5.51. The Labute approximate surface area is 198 Å². The van der Waals surface area contributed by atoms with Gasteiger partial charge in [0.05, 0.1) is 17.1 Å². The number of aromatic nitrogens is 1. The van der Waals surface area contributed by atoms with Crippen molar-refractivity contribution in [2.75, 3.05) is 6.61 Å². The van der Waals surface area contributed by atoms with Crippen molar-refractivity contribution >= 4 is 37.5 Å². The van der Waals surface area contributed by atoms with Crippen molar-refractivity contribution in [3.05, 3.63) is 62.6 Å². The Morgan fingerprint density at radius 1 is 1.24 bits per heavy atom. The predicted octanol–water partition coefficient (Wildman–Crippen LogP) is 2.91. The van der Waals surface area contributed by atoms with Gasteiger partial charge in [0.1, 0.15) is 16.1 Å².